The van der Waals surface area contributed by atoms with E-state index in [1.165, 1.54) is 6.20 Å². The molecule has 1 amide bonds. The lowest BCUT2D eigenvalue weighted by atomic mass is 10.0. The van der Waals surface area contributed by atoms with Gasteiger partial charge in [0.05, 0.1) is 11.8 Å². The molecule has 0 radical (unpaired) electrons. The van der Waals surface area contributed by atoms with Gasteiger partial charge in [-0.1, -0.05) is 13.8 Å². The molecule has 0 spiro atoms. The zero-order valence-corrected chi connectivity index (χ0v) is 9.16. The minimum atomic E-state index is -0.125. The molecule has 0 saturated carbocycles. The lowest BCUT2D eigenvalue weighted by molar-refractivity contribution is 0.0934. The van der Waals surface area contributed by atoms with Gasteiger partial charge in [-0.15, -0.1) is 0 Å². The number of nitrogens with one attached hydrogen (secondary N) is 2. The summed E-state index contributed by atoms with van der Waals surface area (Å²) < 4.78 is 0. The number of hydrogen-bond acceptors (Lipinski definition) is 3. The SMILES string of the molecule is CC(C)CC(CN)NC(=O)c1cn[nH]c1. The molecule has 1 unspecified atom stereocenters. The van der Waals surface area contributed by atoms with Crippen LogP contribution in [0.1, 0.15) is 30.6 Å². The maximum absolute atomic E-state index is 11.6. The van der Waals surface area contributed by atoms with Crippen LogP contribution < -0.4 is 11.1 Å². The van der Waals surface area contributed by atoms with Gasteiger partial charge in [0.1, 0.15) is 0 Å². The maximum atomic E-state index is 11.6. The summed E-state index contributed by atoms with van der Waals surface area (Å²) in [7, 11) is 0. The van der Waals surface area contributed by atoms with Crippen LogP contribution in [0.2, 0.25) is 0 Å². The minimum Gasteiger partial charge on any atom is -0.348 e. The van der Waals surface area contributed by atoms with Crippen molar-refractivity contribution in [1.82, 2.24) is 15.5 Å². The molecule has 5 heteroatoms. The predicted octanol–water partition coefficient (Wildman–Crippen LogP) is 0.513. The summed E-state index contributed by atoms with van der Waals surface area (Å²) in [6.07, 6.45) is 3.96. The zero-order valence-electron chi connectivity index (χ0n) is 9.16. The Balaban J connectivity index is 2.48. The summed E-state index contributed by atoms with van der Waals surface area (Å²) in [6.45, 7) is 4.67. The van der Waals surface area contributed by atoms with E-state index in [-0.39, 0.29) is 11.9 Å². The first-order chi connectivity index (χ1) is 7.13. The third kappa shape index (κ3) is 3.71. The van der Waals surface area contributed by atoms with E-state index in [0.717, 1.165) is 6.42 Å². The number of nitrogens with two attached hydrogens (primary N) is 1. The van der Waals surface area contributed by atoms with Gasteiger partial charge in [0.2, 0.25) is 0 Å². The van der Waals surface area contributed by atoms with Crippen LogP contribution in [-0.4, -0.2) is 28.7 Å². The minimum absolute atomic E-state index is 0.0346. The predicted molar refractivity (Wildman–Crippen MR) is 58.4 cm³/mol. The highest BCUT2D eigenvalue weighted by molar-refractivity contribution is 5.93. The second-order valence-corrected chi connectivity index (χ2v) is 4.02. The maximum Gasteiger partial charge on any atom is 0.254 e. The zero-order chi connectivity index (χ0) is 11.3. The Bertz CT molecular complexity index is 294. The van der Waals surface area contributed by atoms with Crippen LogP contribution in [0.4, 0.5) is 0 Å². The third-order valence-corrected chi connectivity index (χ3v) is 2.14. The van der Waals surface area contributed by atoms with Crippen molar-refractivity contribution in [3.8, 4) is 0 Å². The van der Waals surface area contributed by atoms with Gasteiger partial charge in [-0.2, -0.15) is 5.10 Å². The summed E-state index contributed by atoms with van der Waals surface area (Å²) in [5.41, 5.74) is 6.12. The van der Waals surface area contributed by atoms with Gasteiger partial charge in [0.15, 0.2) is 0 Å². The first-order valence-corrected chi connectivity index (χ1v) is 5.13. The van der Waals surface area contributed by atoms with E-state index < -0.39 is 0 Å². The van der Waals surface area contributed by atoms with Crippen LogP contribution in [0, 0.1) is 5.92 Å². The van der Waals surface area contributed by atoms with Crippen molar-refractivity contribution in [3.63, 3.8) is 0 Å². The fourth-order valence-corrected chi connectivity index (χ4v) is 1.43. The fraction of sp³-hybridized carbons (Fsp3) is 0.600. The Morgan fingerprint density at radius 3 is 2.87 bits per heavy atom. The average molecular weight is 210 g/mol. The van der Waals surface area contributed by atoms with Crippen LogP contribution in [0.25, 0.3) is 0 Å². The van der Waals surface area contributed by atoms with Gasteiger partial charge < -0.3 is 11.1 Å². The van der Waals surface area contributed by atoms with Crippen molar-refractivity contribution in [1.29, 1.82) is 0 Å². The van der Waals surface area contributed by atoms with Gasteiger partial charge in [-0.25, -0.2) is 0 Å². The number of carbonyl (C=O) groups is 1. The number of nitrogens with zero attached hydrogens (tertiary/aromatic N) is 1. The van der Waals surface area contributed by atoms with Crippen LogP contribution >= 0.6 is 0 Å². The lowest BCUT2D eigenvalue weighted by Gasteiger charge is -2.18. The van der Waals surface area contributed by atoms with Crippen LogP contribution in [0.5, 0.6) is 0 Å². The van der Waals surface area contributed by atoms with Crippen molar-refractivity contribution in [3.05, 3.63) is 18.0 Å². The van der Waals surface area contributed by atoms with Crippen molar-refractivity contribution in [2.24, 2.45) is 11.7 Å². The molecule has 1 rings (SSSR count). The Morgan fingerprint density at radius 1 is 1.67 bits per heavy atom. The molecule has 0 saturated heterocycles. The third-order valence-electron chi connectivity index (χ3n) is 2.14. The number of aromatic amines is 1. The standard InChI is InChI=1S/C10H18N4O/c1-7(2)3-9(4-11)14-10(15)8-5-12-13-6-8/h5-7,9H,3-4,11H2,1-2H3,(H,12,13)(H,14,15). The molecule has 1 aromatic heterocycles. The molecule has 0 aromatic carbocycles. The molecule has 0 bridgehead atoms. The highest BCUT2D eigenvalue weighted by atomic mass is 16.1. The van der Waals surface area contributed by atoms with E-state index >= 15 is 0 Å². The summed E-state index contributed by atoms with van der Waals surface area (Å²) in [5, 5.41) is 9.20. The summed E-state index contributed by atoms with van der Waals surface area (Å²) >= 11 is 0. The Labute approximate surface area is 89.4 Å². The van der Waals surface area contributed by atoms with Crippen LogP contribution in [0.15, 0.2) is 12.4 Å². The molecular weight excluding hydrogens is 192 g/mol. The molecule has 0 fully saturated rings. The molecule has 0 aliphatic rings. The quantitative estimate of drug-likeness (QED) is 0.662. The molecular formula is C10H18N4O. The number of carbonyl (C=O) groups excluding carboxylic acids is 1. The second-order valence-electron chi connectivity index (χ2n) is 4.02. The summed E-state index contributed by atoms with van der Waals surface area (Å²) in [4.78, 5) is 11.6. The molecule has 84 valence electrons. The van der Waals surface area contributed by atoms with Crippen LogP contribution in [-0.2, 0) is 0 Å². The topological polar surface area (TPSA) is 83.8 Å². The Kier molecular flexibility index (Phi) is 4.30. The molecule has 4 N–H and O–H groups in total. The first-order valence-electron chi connectivity index (χ1n) is 5.13. The number of amides is 1. The molecule has 1 aromatic rings. The van der Waals surface area contributed by atoms with E-state index in [2.05, 4.69) is 29.4 Å². The van der Waals surface area contributed by atoms with Gasteiger partial charge in [0, 0.05) is 18.8 Å². The number of rotatable bonds is 5. The number of aromatic nitrogens is 2. The molecule has 1 heterocycles. The average Bonchev–Trinajstić information content (AvgIpc) is 2.68. The van der Waals surface area contributed by atoms with E-state index in [0.29, 0.717) is 18.0 Å². The largest absolute Gasteiger partial charge is 0.348 e. The van der Waals surface area contributed by atoms with Gasteiger partial charge in [0.25, 0.3) is 5.91 Å². The van der Waals surface area contributed by atoms with E-state index in [1.54, 1.807) is 6.20 Å². The molecule has 15 heavy (non-hydrogen) atoms. The van der Waals surface area contributed by atoms with Crippen molar-refractivity contribution in [2.45, 2.75) is 26.3 Å². The highest BCUT2D eigenvalue weighted by Gasteiger charge is 2.14. The van der Waals surface area contributed by atoms with Gasteiger partial charge >= 0.3 is 0 Å². The molecule has 1 atom stereocenters. The van der Waals surface area contributed by atoms with Crippen molar-refractivity contribution >= 4 is 5.91 Å². The monoisotopic (exact) mass is 210 g/mol. The Hall–Kier alpha value is -1.36. The number of hydrogen-bond donors (Lipinski definition) is 3. The Morgan fingerprint density at radius 2 is 2.40 bits per heavy atom. The number of H-pyrrole nitrogens is 1. The summed E-state index contributed by atoms with van der Waals surface area (Å²) in [5.74, 6) is 0.392. The molecule has 0 aliphatic heterocycles. The van der Waals surface area contributed by atoms with E-state index in [4.69, 9.17) is 5.73 Å². The smallest absolute Gasteiger partial charge is 0.254 e. The summed E-state index contributed by atoms with van der Waals surface area (Å²) in [6, 6.07) is 0.0346. The highest BCUT2D eigenvalue weighted by Crippen LogP contribution is 2.04. The molecule has 0 aliphatic carbocycles. The van der Waals surface area contributed by atoms with Crippen molar-refractivity contribution < 1.29 is 4.79 Å². The normalized spacial score (nSPS) is 12.8. The van der Waals surface area contributed by atoms with E-state index in [9.17, 15) is 4.79 Å². The van der Waals surface area contributed by atoms with Crippen molar-refractivity contribution in [2.75, 3.05) is 6.54 Å². The second kappa shape index (κ2) is 5.50. The lowest BCUT2D eigenvalue weighted by Crippen LogP contribution is -2.40. The van der Waals surface area contributed by atoms with Gasteiger partial charge in [-0.05, 0) is 12.3 Å². The molecule has 5 nitrogen and oxygen atoms in total. The fourth-order valence-electron chi connectivity index (χ4n) is 1.43. The first kappa shape index (κ1) is 11.7. The van der Waals surface area contributed by atoms with Crippen LogP contribution in [0.3, 0.4) is 0 Å². The van der Waals surface area contributed by atoms with E-state index in [1.807, 2.05) is 0 Å². The van der Waals surface area contributed by atoms with Gasteiger partial charge in [-0.3, -0.25) is 9.89 Å².